The normalized spacial score (nSPS) is 23.1. The second-order valence-corrected chi connectivity index (χ2v) is 5.82. The molecule has 1 atom stereocenters. The van der Waals surface area contributed by atoms with E-state index in [1.54, 1.807) is 0 Å². The lowest BCUT2D eigenvalue weighted by molar-refractivity contribution is -0.140. The largest absolute Gasteiger partial charge is 0.399 e. The Morgan fingerprint density at radius 2 is 2.05 bits per heavy atom. The average molecular weight is 289 g/mol. The lowest BCUT2D eigenvalue weighted by Gasteiger charge is -2.38. The van der Waals surface area contributed by atoms with Gasteiger partial charge < -0.3 is 20.3 Å². The maximum absolute atomic E-state index is 12.5. The molecule has 1 amide bonds. The molecule has 0 saturated carbocycles. The van der Waals surface area contributed by atoms with Crippen molar-refractivity contribution in [3.05, 3.63) is 24.3 Å². The highest BCUT2D eigenvalue weighted by Crippen LogP contribution is 2.21. The Kier molecular flexibility index (Phi) is 4.29. The van der Waals surface area contributed by atoms with Crippen molar-refractivity contribution in [1.82, 2.24) is 4.90 Å². The summed E-state index contributed by atoms with van der Waals surface area (Å²) < 4.78 is 5.43. The van der Waals surface area contributed by atoms with Gasteiger partial charge in [-0.2, -0.15) is 0 Å². The lowest BCUT2D eigenvalue weighted by Crippen LogP contribution is -2.51. The van der Waals surface area contributed by atoms with Crippen LogP contribution in [0.25, 0.3) is 0 Å². The Morgan fingerprint density at radius 3 is 2.71 bits per heavy atom. The van der Waals surface area contributed by atoms with Crippen LogP contribution in [0.5, 0.6) is 0 Å². The van der Waals surface area contributed by atoms with Crippen LogP contribution in [0.1, 0.15) is 12.8 Å². The molecule has 1 aromatic carbocycles. The summed E-state index contributed by atoms with van der Waals surface area (Å²) >= 11 is 0. The van der Waals surface area contributed by atoms with Crippen molar-refractivity contribution in [2.75, 3.05) is 50.0 Å². The van der Waals surface area contributed by atoms with Gasteiger partial charge in [-0.1, -0.05) is 6.07 Å². The van der Waals surface area contributed by atoms with Crippen LogP contribution in [0.2, 0.25) is 0 Å². The van der Waals surface area contributed by atoms with Crippen molar-refractivity contribution < 1.29 is 9.53 Å². The number of rotatable bonds is 2. The van der Waals surface area contributed by atoms with Crippen LogP contribution >= 0.6 is 0 Å². The highest BCUT2D eigenvalue weighted by atomic mass is 16.5. The first-order valence-electron chi connectivity index (χ1n) is 7.71. The van der Waals surface area contributed by atoms with Crippen LogP contribution in [-0.4, -0.2) is 50.2 Å². The van der Waals surface area contributed by atoms with E-state index in [-0.39, 0.29) is 11.8 Å². The number of benzene rings is 1. The Balaban J connectivity index is 1.56. The third kappa shape index (κ3) is 3.29. The fraction of sp³-hybridized carbons (Fsp3) is 0.562. The monoisotopic (exact) mass is 289 g/mol. The fourth-order valence-electron chi connectivity index (χ4n) is 3.10. The van der Waals surface area contributed by atoms with Crippen molar-refractivity contribution in [3.8, 4) is 0 Å². The minimum atomic E-state index is 0.0673. The molecular formula is C16H23N3O2. The molecule has 5 heteroatoms. The summed E-state index contributed by atoms with van der Waals surface area (Å²) in [6.45, 7) is 4.68. The molecule has 0 aliphatic carbocycles. The minimum Gasteiger partial charge on any atom is -0.399 e. The third-order valence-corrected chi connectivity index (χ3v) is 4.34. The van der Waals surface area contributed by atoms with Gasteiger partial charge in [0.15, 0.2) is 0 Å². The Bertz CT molecular complexity index is 492. The highest BCUT2D eigenvalue weighted by Gasteiger charge is 2.28. The molecule has 114 valence electrons. The van der Waals surface area contributed by atoms with Crippen LogP contribution in [0, 0.1) is 5.92 Å². The van der Waals surface area contributed by atoms with Crippen molar-refractivity contribution in [2.24, 2.45) is 5.92 Å². The van der Waals surface area contributed by atoms with Crippen molar-refractivity contribution in [2.45, 2.75) is 12.8 Å². The predicted octanol–water partition coefficient (Wildman–Crippen LogP) is 1.34. The van der Waals surface area contributed by atoms with Gasteiger partial charge in [0.25, 0.3) is 0 Å². The van der Waals surface area contributed by atoms with E-state index in [4.69, 9.17) is 10.5 Å². The van der Waals surface area contributed by atoms with Crippen molar-refractivity contribution in [1.29, 1.82) is 0 Å². The maximum Gasteiger partial charge on any atom is 0.228 e. The number of nitrogen functional groups attached to an aromatic ring is 1. The van der Waals surface area contributed by atoms with E-state index in [2.05, 4.69) is 11.0 Å². The van der Waals surface area contributed by atoms with Gasteiger partial charge in [-0.15, -0.1) is 0 Å². The molecule has 1 aromatic rings. The summed E-state index contributed by atoms with van der Waals surface area (Å²) in [7, 11) is 0. The molecule has 2 aliphatic rings. The van der Waals surface area contributed by atoms with Crippen LogP contribution in [0.15, 0.2) is 24.3 Å². The number of ether oxygens (including phenoxy) is 1. The Morgan fingerprint density at radius 1 is 1.24 bits per heavy atom. The van der Waals surface area contributed by atoms with Gasteiger partial charge in [0, 0.05) is 44.2 Å². The van der Waals surface area contributed by atoms with E-state index in [1.807, 2.05) is 23.1 Å². The van der Waals surface area contributed by atoms with E-state index >= 15 is 0 Å². The number of amides is 1. The second-order valence-electron chi connectivity index (χ2n) is 5.82. The number of carbonyl (C=O) groups excluding carboxylic acids is 1. The number of nitrogens with two attached hydrogens (primary N) is 1. The van der Waals surface area contributed by atoms with Gasteiger partial charge in [-0.3, -0.25) is 4.79 Å². The Labute approximate surface area is 125 Å². The molecule has 0 aromatic heterocycles. The molecule has 21 heavy (non-hydrogen) atoms. The number of piperazine rings is 1. The van der Waals surface area contributed by atoms with E-state index < -0.39 is 0 Å². The molecule has 2 fully saturated rings. The molecule has 2 aliphatic heterocycles. The first-order chi connectivity index (χ1) is 10.2. The SMILES string of the molecule is Nc1cccc(N2CCN(C(=O)C3CCCOC3)CC2)c1. The summed E-state index contributed by atoms with van der Waals surface area (Å²) in [5, 5.41) is 0. The van der Waals surface area contributed by atoms with Crippen LogP contribution < -0.4 is 10.6 Å². The minimum absolute atomic E-state index is 0.0673. The van der Waals surface area contributed by atoms with E-state index in [0.29, 0.717) is 6.61 Å². The number of hydrogen-bond acceptors (Lipinski definition) is 4. The smallest absolute Gasteiger partial charge is 0.228 e. The molecule has 5 nitrogen and oxygen atoms in total. The first-order valence-corrected chi connectivity index (χ1v) is 7.71. The zero-order chi connectivity index (χ0) is 14.7. The first kappa shape index (κ1) is 14.2. The fourth-order valence-corrected chi connectivity index (χ4v) is 3.10. The molecule has 0 spiro atoms. The van der Waals surface area contributed by atoms with Gasteiger partial charge in [-0.05, 0) is 31.0 Å². The van der Waals surface area contributed by atoms with Crippen molar-refractivity contribution >= 4 is 17.3 Å². The lowest BCUT2D eigenvalue weighted by atomic mass is 10.0. The average Bonchev–Trinajstić information content (AvgIpc) is 2.55. The van der Waals surface area contributed by atoms with Gasteiger partial charge in [0.1, 0.15) is 0 Å². The molecule has 2 heterocycles. The summed E-state index contributed by atoms with van der Waals surface area (Å²) in [4.78, 5) is 16.7. The second kappa shape index (κ2) is 6.35. The number of hydrogen-bond donors (Lipinski definition) is 1. The van der Waals surface area contributed by atoms with Gasteiger partial charge in [-0.25, -0.2) is 0 Å². The molecule has 0 bridgehead atoms. The summed E-state index contributed by atoms with van der Waals surface area (Å²) in [6, 6.07) is 7.93. The third-order valence-electron chi connectivity index (χ3n) is 4.34. The standard InChI is InChI=1S/C16H23N3O2/c17-14-4-1-5-15(11-14)18-6-8-19(9-7-18)16(20)13-3-2-10-21-12-13/h1,4-5,11,13H,2-3,6-10,12,17H2. The zero-order valence-electron chi connectivity index (χ0n) is 12.3. The van der Waals surface area contributed by atoms with Crippen LogP contribution in [-0.2, 0) is 9.53 Å². The summed E-state index contributed by atoms with van der Waals surface area (Å²) in [5.41, 5.74) is 7.76. The molecule has 2 saturated heterocycles. The van der Waals surface area contributed by atoms with E-state index in [0.717, 1.165) is 57.0 Å². The van der Waals surface area contributed by atoms with E-state index in [9.17, 15) is 4.79 Å². The van der Waals surface area contributed by atoms with Gasteiger partial charge in [0.05, 0.1) is 12.5 Å². The predicted molar refractivity (Wildman–Crippen MR) is 83.2 cm³/mol. The van der Waals surface area contributed by atoms with Crippen LogP contribution in [0.4, 0.5) is 11.4 Å². The van der Waals surface area contributed by atoms with Gasteiger partial charge >= 0.3 is 0 Å². The highest BCUT2D eigenvalue weighted by molar-refractivity contribution is 5.79. The van der Waals surface area contributed by atoms with Crippen LogP contribution in [0.3, 0.4) is 0 Å². The number of carbonyl (C=O) groups is 1. The molecule has 3 rings (SSSR count). The molecule has 2 N–H and O–H groups in total. The Hall–Kier alpha value is -1.75. The topological polar surface area (TPSA) is 58.8 Å². The summed E-state index contributed by atoms with van der Waals surface area (Å²) in [6.07, 6.45) is 1.97. The van der Waals surface area contributed by atoms with Gasteiger partial charge in [0.2, 0.25) is 5.91 Å². The number of anilines is 2. The van der Waals surface area contributed by atoms with E-state index in [1.165, 1.54) is 0 Å². The molecule has 1 unspecified atom stereocenters. The number of nitrogens with zero attached hydrogens (tertiary/aromatic N) is 2. The molecular weight excluding hydrogens is 266 g/mol. The quantitative estimate of drug-likeness (QED) is 0.835. The maximum atomic E-state index is 12.5. The summed E-state index contributed by atoms with van der Waals surface area (Å²) in [5.74, 6) is 0.333. The molecule has 0 radical (unpaired) electrons. The zero-order valence-corrected chi connectivity index (χ0v) is 12.3. The van der Waals surface area contributed by atoms with Crippen molar-refractivity contribution in [3.63, 3.8) is 0 Å².